The minimum Gasteiger partial charge on any atom is -0.502 e. The molecule has 0 bridgehead atoms. The van der Waals surface area contributed by atoms with Gasteiger partial charge in [0.1, 0.15) is 0 Å². The van der Waals surface area contributed by atoms with Crippen LogP contribution >= 0.6 is 0 Å². The van der Waals surface area contributed by atoms with E-state index >= 15 is 0 Å². The Morgan fingerprint density at radius 3 is 2.57 bits per heavy atom. The van der Waals surface area contributed by atoms with Gasteiger partial charge in [-0.3, -0.25) is 19.7 Å². The molecule has 0 fully saturated rings. The molecule has 28 heavy (non-hydrogen) atoms. The number of aryl methyl sites for hydroxylation is 2. The lowest BCUT2D eigenvalue weighted by atomic mass is 10.1. The van der Waals surface area contributed by atoms with Crippen LogP contribution in [0.4, 0.5) is 11.4 Å². The lowest BCUT2D eigenvalue weighted by Gasteiger charge is -2.09. The second-order valence-electron chi connectivity index (χ2n) is 6.16. The number of phenolic OH excluding ortho intramolecular Hbond substituents is 1. The fraction of sp³-hybridized carbons (Fsp3) is 0.211. The molecule has 0 unspecified atom stereocenters. The van der Waals surface area contributed by atoms with Gasteiger partial charge in [0.15, 0.2) is 5.75 Å². The van der Waals surface area contributed by atoms with E-state index < -0.39 is 22.3 Å². The summed E-state index contributed by atoms with van der Waals surface area (Å²) in [5.74, 6) is -1.22. The number of aromatic hydroxyl groups is 1. The van der Waals surface area contributed by atoms with Crippen LogP contribution in [0.25, 0.3) is 0 Å². The van der Waals surface area contributed by atoms with E-state index in [1.165, 1.54) is 18.3 Å². The Labute approximate surface area is 161 Å². The first kappa shape index (κ1) is 20.6. The van der Waals surface area contributed by atoms with E-state index in [1.807, 2.05) is 32.0 Å². The standard InChI is InChI=1S/C19H20N4O5/c1-12-3-4-13(2)15(9-12)21-18(25)7-8-19(26)22-20-11-14-5-6-17(24)16(10-14)23(27)28/h3-6,9-11,24H,7-8H2,1-2H3,(H,21,25)(H,22,26)/b20-11+. The number of carbonyl (C=O) groups is 2. The van der Waals surface area contributed by atoms with Crippen molar-refractivity contribution >= 4 is 29.4 Å². The molecule has 2 amide bonds. The Morgan fingerprint density at radius 2 is 1.86 bits per heavy atom. The second-order valence-corrected chi connectivity index (χ2v) is 6.16. The molecule has 0 aliphatic carbocycles. The molecule has 0 radical (unpaired) electrons. The van der Waals surface area contributed by atoms with Gasteiger partial charge >= 0.3 is 5.69 Å². The van der Waals surface area contributed by atoms with Gasteiger partial charge in [0, 0.05) is 30.2 Å². The number of amides is 2. The highest BCUT2D eigenvalue weighted by Gasteiger charge is 2.13. The highest BCUT2D eigenvalue weighted by atomic mass is 16.6. The van der Waals surface area contributed by atoms with Gasteiger partial charge in [0.2, 0.25) is 11.8 Å². The van der Waals surface area contributed by atoms with Gasteiger partial charge in [-0.05, 0) is 43.2 Å². The number of phenols is 1. The number of nitrogens with zero attached hydrogens (tertiary/aromatic N) is 2. The fourth-order valence-electron chi connectivity index (χ4n) is 2.31. The predicted molar refractivity (Wildman–Crippen MR) is 104 cm³/mol. The van der Waals surface area contributed by atoms with E-state index in [1.54, 1.807) is 0 Å². The zero-order valence-electron chi connectivity index (χ0n) is 15.4. The van der Waals surface area contributed by atoms with Gasteiger partial charge < -0.3 is 10.4 Å². The summed E-state index contributed by atoms with van der Waals surface area (Å²) in [5.41, 5.74) is 4.77. The molecule has 2 rings (SSSR count). The fourth-order valence-corrected chi connectivity index (χ4v) is 2.31. The highest BCUT2D eigenvalue weighted by molar-refractivity contribution is 5.94. The number of rotatable bonds is 7. The van der Waals surface area contributed by atoms with Crippen molar-refractivity contribution in [3.05, 3.63) is 63.2 Å². The first-order valence-electron chi connectivity index (χ1n) is 8.42. The lowest BCUT2D eigenvalue weighted by molar-refractivity contribution is -0.385. The molecule has 3 N–H and O–H groups in total. The number of nitro benzene ring substituents is 1. The molecule has 0 aliphatic heterocycles. The van der Waals surface area contributed by atoms with Crippen LogP contribution in [0.5, 0.6) is 5.75 Å². The number of anilines is 1. The molecule has 0 heterocycles. The zero-order valence-corrected chi connectivity index (χ0v) is 15.4. The molecular formula is C19H20N4O5. The number of carbonyl (C=O) groups excluding carboxylic acids is 2. The largest absolute Gasteiger partial charge is 0.502 e. The quantitative estimate of drug-likeness (QED) is 0.383. The van der Waals surface area contributed by atoms with Gasteiger partial charge in [0.05, 0.1) is 11.1 Å². The van der Waals surface area contributed by atoms with Crippen LogP contribution < -0.4 is 10.7 Å². The van der Waals surface area contributed by atoms with Crippen molar-refractivity contribution in [3.8, 4) is 5.75 Å². The van der Waals surface area contributed by atoms with Gasteiger partial charge in [-0.1, -0.05) is 12.1 Å². The van der Waals surface area contributed by atoms with Crippen molar-refractivity contribution < 1.29 is 19.6 Å². The Balaban J connectivity index is 1.83. The molecule has 0 aromatic heterocycles. The molecule has 9 heteroatoms. The molecule has 0 aliphatic rings. The maximum absolute atomic E-state index is 12.0. The maximum Gasteiger partial charge on any atom is 0.311 e. The number of benzene rings is 2. The molecule has 146 valence electrons. The van der Waals surface area contributed by atoms with Crippen LogP contribution in [-0.2, 0) is 9.59 Å². The number of hydrazone groups is 1. The summed E-state index contributed by atoms with van der Waals surface area (Å²) in [5, 5.41) is 26.6. The Kier molecular flexibility index (Phi) is 6.80. The highest BCUT2D eigenvalue weighted by Crippen LogP contribution is 2.25. The molecule has 2 aromatic carbocycles. The average Bonchev–Trinajstić information content (AvgIpc) is 2.64. The number of nitro groups is 1. The summed E-state index contributed by atoms with van der Waals surface area (Å²) in [4.78, 5) is 33.8. The Hall–Kier alpha value is -3.75. The van der Waals surface area contributed by atoms with Crippen LogP contribution in [0.2, 0.25) is 0 Å². The van der Waals surface area contributed by atoms with Gasteiger partial charge in [-0.2, -0.15) is 5.10 Å². The van der Waals surface area contributed by atoms with Crippen LogP contribution in [0.15, 0.2) is 41.5 Å². The van der Waals surface area contributed by atoms with E-state index in [9.17, 15) is 24.8 Å². The molecule has 9 nitrogen and oxygen atoms in total. The van der Waals surface area contributed by atoms with E-state index in [-0.39, 0.29) is 18.7 Å². The minimum atomic E-state index is -0.722. The molecule has 0 saturated heterocycles. The van der Waals surface area contributed by atoms with E-state index in [0.29, 0.717) is 11.3 Å². The van der Waals surface area contributed by atoms with Crippen molar-refractivity contribution in [1.29, 1.82) is 0 Å². The molecule has 0 spiro atoms. The summed E-state index contributed by atoms with van der Waals surface area (Å²) in [6, 6.07) is 9.41. The third-order valence-electron chi connectivity index (χ3n) is 3.85. The molecule has 0 atom stereocenters. The Morgan fingerprint density at radius 1 is 1.14 bits per heavy atom. The van der Waals surface area contributed by atoms with E-state index in [0.717, 1.165) is 17.2 Å². The summed E-state index contributed by atoms with van der Waals surface area (Å²) < 4.78 is 0. The summed E-state index contributed by atoms with van der Waals surface area (Å²) in [7, 11) is 0. The first-order valence-corrected chi connectivity index (χ1v) is 8.42. The topological polar surface area (TPSA) is 134 Å². The smallest absolute Gasteiger partial charge is 0.311 e. The average molecular weight is 384 g/mol. The molecule has 2 aromatic rings. The predicted octanol–water partition coefficient (Wildman–Crippen LogP) is 2.79. The number of hydrogen-bond donors (Lipinski definition) is 3. The number of nitrogens with one attached hydrogen (secondary N) is 2. The number of hydrogen-bond acceptors (Lipinski definition) is 6. The second kappa shape index (κ2) is 9.26. The Bertz CT molecular complexity index is 940. The van der Waals surface area contributed by atoms with Gasteiger partial charge in [-0.25, -0.2) is 5.43 Å². The zero-order chi connectivity index (χ0) is 20.7. The normalized spacial score (nSPS) is 10.6. The van der Waals surface area contributed by atoms with Gasteiger partial charge in [-0.15, -0.1) is 0 Å². The third-order valence-corrected chi connectivity index (χ3v) is 3.85. The van der Waals surface area contributed by atoms with E-state index in [2.05, 4.69) is 15.8 Å². The summed E-state index contributed by atoms with van der Waals surface area (Å²) in [6.45, 7) is 3.80. The SMILES string of the molecule is Cc1ccc(C)c(NC(=O)CCC(=O)N/N=C/c2ccc(O)c([N+](=O)[O-])c2)c1. The van der Waals surface area contributed by atoms with Crippen molar-refractivity contribution in [2.24, 2.45) is 5.10 Å². The molecular weight excluding hydrogens is 364 g/mol. The van der Waals surface area contributed by atoms with Crippen LogP contribution in [0.1, 0.15) is 29.5 Å². The molecule has 0 saturated carbocycles. The van der Waals surface area contributed by atoms with E-state index in [4.69, 9.17) is 0 Å². The van der Waals surface area contributed by atoms with Crippen LogP contribution in [-0.4, -0.2) is 28.1 Å². The minimum absolute atomic E-state index is 0.0145. The van der Waals surface area contributed by atoms with Crippen molar-refractivity contribution in [2.75, 3.05) is 5.32 Å². The first-order chi connectivity index (χ1) is 13.3. The lowest BCUT2D eigenvalue weighted by Crippen LogP contribution is -2.20. The summed E-state index contributed by atoms with van der Waals surface area (Å²) >= 11 is 0. The summed E-state index contributed by atoms with van der Waals surface area (Å²) in [6.07, 6.45) is 1.13. The van der Waals surface area contributed by atoms with Crippen molar-refractivity contribution in [3.63, 3.8) is 0 Å². The van der Waals surface area contributed by atoms with Gasteiger partial charge in [0.25, 0.3) is 0 Å². The van der Waals surface area contributed by atoms with Crippen molar-refractivity contribution in [2.45, 2.75) is 26.7 Å². The maximum atomic E-state index is 12.0. The van der Waals surface area contributed by atoms with Crippen LogP contribution in [0, 0.1) is 24.0 Å². The van der Waals surface area contributed by atoms with Crippen LogP contribution in [0.3, 0.4) is 0 Å². The van der Waals surface area contributed by atoms with Crippen molar-refractivity contribution in [1.82, 2.24) is 5.43 Å². The monoisotopic (exact) mass is 384 g/mol. The third kappa shape index (κ3) is 5.90.